The van der Waals surface area contributed by atoms with E-state index in [0.29, 0.717) is 12.3 Å². The number of pyridine rings is 1. The minimum absolute atomic E-state index is 0.0741. The zero-order valence-electron chi connectivity index (χ0n) is 9.51. The summed E-state index contributed by atoms with van der Waals surface area (Å²) >= 11 is 17.5. The molecular weight excluding hydrogens is 337 g/mol. The van der Waals surface area contributed by atoms with Crippen LogP contribution in [-0.4, -0.2) is 4.98 Å². The summed E-state index contributed by atoms with van der Waals surface area (Å²) in [6, 6.07) is 5.34. The Labute approximate surface area is 127 Å². The maximum absolute atomic E-state index is 12.5. The molecule has 0 amide bonds. The lowest BCUT2D eigenvalue weighted by Gasteiger charge is -2.11. The number of nitrogens with zero attached hydrogens (tertiary/aromatic N) is 1. The third-order valence-electron chi connectivity index (χ3n) is 2.25. The highest BCUT2D eigenvalue weighted by Gasteiger charge is 2.31. The SMILES string of the molecule is FC(F)(F)c1cnc(Oc2c(Cl)cccc2Cl)c(Cl)c1. The number of halogens is 6. The van der Waals surface area contributed by atoms with Gasteiger partial charge in [-0.2, -0.15) is 13.2 Å². The minimum Gasteiger partial charge on any atom is -0.434 e. The van der Waals surface area contributed by atoms with E-state index in [9.17, 15) is 13.2 Å². The molecule has 0 saturated heterocycles. The van der Waals surface area contributed by atoms with Crippen LogP contribution in [0.1, 0.15) is 5.56 Å². The van der Waals surface area contributed by atoms with E-state index in [1.165, 1.54) is 12.1 Å². The Kier molecular flexibility index (Phi) is 4.32. The van der Waals surface area contributed by atoms with Gasteiger partial charge in [-0.1, -0.05) is 40.9 Å². The zero-order valence-corrected chi connectivity index (χ0v) is 11.8. The van der Waals surface area contributed by atoms with Gasteiger partial charge in [0.05, 0.1) is 15.6 Å². The Morgan fingerprint density at radius 2 is 1.60 bits per heavy atom. The van der Waals surface area contributed by atoms with Crippen LogP contribution in [0.4, 0.5) is 13.2 Å². The zero-order chi connectivity index (χ0) is 14.9. The van der Waals surface area contributed by atoms with Crippen LogP contribution in [0.15, 0.2) is 30.5 Å². The predicted molar refractivity (Wildman–Crippen MR) is 70.8 cm³/mol. The van der Waals surface area contributed by atoms with Crippen LogP contribution < -0.4 is 4.74 Å². The molecule has 1 aromatic heterocycles. The number of hydrogen-bond acceptors (Lipinski definition) is 2. The first kappa shape index (κ1) is 15.2. The summed E-state index contributed by atoms with van der Waals surface area (Å²) in [6.45, 7) is 0. The molecule has 1 aromatic carbocycles. The summed E-state index contributed by atoms with van der Waals surface area (Å²) in [5.74, 6) is -0.139. The van der Waals surface area contributed by atoms with Gasteiger partial charge >= 0.3 is 6.18 Å². The number of hydrogen-bond donors (Lipinski definition) is 0. The quantitative estimate of drug-likeness (QED) is 0.682. The molecule has 20 heavy (non-hydrogen) atoms. The Balaban J connectivity index is 2.36. The van der Waals surface area contributed by atoms with E-state index < -0.39 is 11.7 Å². The molecule has 0 fully saturated rings. The van der Waals surface area contributed by atoms with Gasteiger partial charge in [0, 0.05) is 6.20 Å². The van der Waals surface area contributed by atoms with Gasteiger partial charge in [-0.05, 0) is 18.2 Å². The molecule has 0 N–H and O–H groups in total. The lowest BCUT2D eigenvalue weighted by atomic mass is 10.3. The van der Waals surface area contributed by atoms with Crippen molar-refractivity contribution in [2.45, 2.75) is 6.18 Å². The summed E-state index contributed by atoms with van der Waals surface area (Å²) in [5, 5.41) is 0.0846. The Morgan fingerprint density at radius 3 is 2.10 bits per heavy atom. The molecule has 2 aromatic rings. The summed E-state index contributed by atoms with van der Waals surface area (Å²) in [7, 11) is 0. The van der Waals surface area contributed by atoms with Crippen LogP contribution in [0.3, 0.4) is 0 Å². The van der Waals surface area contributed by atoms with Crippen LogP contribution >= 0.6 is 34.8 Å². The fourth-order valence-corrected chi connectivity index (χ4v) is 2.01. The lowest BCUT2D eigenvalue weighted by Crippen LogP contribution is -2.05. The van der Waals surface area contributed by atoms with Gasteiger partial charge in [-0.15, -0.1) is 0 Å². The molecule has 0 aliphatic heterocycles. The summed E-state index contributed by atoms with van der Waals surface area (Å²) in [5.41, 5.74) is -0.972. The van der Waals surface area contributed by atoms with Crippen LogP contribution in [0, 0.1) is 0 Å². The second-order valence-corrected chi connectivity index (χ2v) is 4.88. The molecule has 0 radical (unpaired) electrons. The number of aromatic nitrogens is 1. The molecule has 2 rings (SSSR count). The highest BCUT2D eigenvalue weighted by Crippen LogP contribution is 2.39. The Hall–Kier alpha value is -1.17. The molecule has 0 aliphatic rings. The minimum atomic E-state index is -4.53. The largest absolute Gasteiger partial charge is 0.434 e. The van der Waals surface area contributed by atoms with Gasteiger partial charge in [-0.3, -0.25) is 0 Å². The van der Waals surface area contributed by atoms with Crippen molar-refractivity contribution in [2.24, 2.45) is 0 Å². The highest BCUT2D eigenvalue weighted by molar-refractivity contribution is 6.37. The topological polar surface area (TPSA) is 22.1 Å². The standard InChI is InChI=1S/C12H5Cl3F3NO/c13-7-2-1-3-8(14)10(7)20-11-9(15)4-6(5-19-11)12(16,17)18/h1-5H. The first-order chi connectivity index (χ1) is 9.29. The normalized spacial score (nSPS) is 11.5. The molecule has 2 nitrogen and oxygen atoms in total. The van der Waals surface area contributed by atoms with Crippen molar-refractivity contribution in [1.29, 1.82) is 0 Å². The molecule has 0 aliphatic carbocycles. The van der Waals surface area contributed by atoms with Gasteiger partial charge in [0.15, 0.2) is 5.75 Å². The molecule has 8 heteroatoms. The van der Waals surface area contributed by atoms with Gasteiger partial charge < -0.3 is 4.74 Å². The number of alkyl halides is 3. The average molecular weight is 343 g/mol. The van der Waals surface area contributed by atoms with Crippen molar-refractivity contribution in [3.63, 3.8) is 0 Å². The molecule has 0 saturated carbocycles. The predicted octanol–water partition coefficient (Wildman–Crippen LogP) is 5.85. The van der Waals surface area contributed by atoms with E-state index in [-0.39, 0.29) is 26.7 Å². The number of benzene rings is 1. The van der Waals surface area contributed by atoms with Crippen molar-refractivity contribution in [3.8, 4) is 11.6 Å². The van der Waals surface area contributed by atoms with Gasteiger partial charge in [-0.25, -0.2) is 4.98 Å². The van der Waals surface area contributed by atoms with Crippen molar-refractivity contribution in [3.05, 3.63) is 51.1 Å². The van der Waals surface area contributed by atoms with Gasteiger partial charge in [0.1, 0.15) is 5.02 Å². The van der Waals surface area contributed by atoms with Crippen molar-refractivity contribution >= 4 is 34.8 Å². The third kappa shape index (κ3) is 3.29. The van der Waals surface area contributed by atoms with E-state index >= 15 is 0 Å². The first-order valence-electron chi connectivity index (χ1n) is 5.13. The monoisotopic (exact) mass is 341 g/mol. The van der Waals surface area contributed by atoms with Gasteiger partial charge in [0.2, 0.25) is 5.88 Å². The van der Waals surface area contributed by atoms with E-state index in [1.54, 1.807) is 6.07 Å². The molecule has 106 valence electrons. The highest BCUT2D eigenvalue weighted by atomic mass is 35.5. The summed E-state index contributed by atoms with van der Waals surface area (Å²) in [6.07, 6.45) is -3.91. The summed E-state index contributed by atoms with van der Waals surface area (Å²) in [4.78, 5) is 3.53. The van der Waals surface area contributed by atoms with Crippen LogP contribution in [0.2, 0.25) is 15.1 Å². The van der Waals surface area contributed by atoms with Crippen molar-refractivity contribution < 1.29 is 17.9 Å². The van der Waals surface area contributed by atoms with E-state index in [4.69, 9.17) is 39.5 Å². The Bertz CT molecular complexity index is 626. The second-order valence-electron chi connectivity index (χ2n) is 3.66. The Morgan fingerprint density at radius 1 is 1.00 bits per heavy atom. The van der Waals surface area contributed by atoms with Crippen molar-refractivity contribution in [2.75, 3.05) is 0 Å². The number of ether oxygens (including phenoxy) is 1. The molecule has 0 spiro atoms. The molecule has 0 unspecified atom stereocenters. The summed E-state index contributed by atoms with van der Waals surface area (Å²) < 4.78 is 42.7. The molecule has 1 heterocycles. The van der Waals surface area contributed by atoms with Crippen LogP contribution in [0.25, 0.3) is 0 Å². The maximum Gasteiger partial charge on any atom is 0.417 e. The first-order valence-corrected chi connectivity index (χ1v) is 6.27. The number of para-hydroxylation sites is 1. The van der Waals surface area contributed by atoms with E-state index in [2.05, 4.69) is 4.98 Å². The van der Waals surface area contributed by atoms with Gasteiger partial charge in [0.25, 0.3) is 0 Å². The van der Waals surface area contributed by atoms with E-state index in [1.807, 2.05) is 0 Å². The van der Waals surface area contributed by atoms with Crippen LogP contribution in [0.5, 0.6) is 11.6 Å². The number of rotatable bonds is 2. The second kappa shape index (κ2) is 5.68. The maximum atomic E-state index is 12.5. The van der Waals surface area contributed by atoms with Crippen molar-refractivity contribution in [1.82, 2.24) is 4.98 Å². The molecular formula is C12H5Cl3F3NO. The average Bonchev–Trinajstić information content (AvgIpc) is 2.34. The third-order valence-corrected chi connectivity index (χ3v) is 3.12. The lowest BCUT2D eigenvalue weighted by molar-refractivity contribution is -0.137. The van der Waals surface area contributed by atoms with Crippen LogP contribution in [-0.2, 0) is 6.18 Å². The smallest absolute Gasteiger partial charge is 0.417 e. The molecule has 0 atom stereocenters. The fourth-order valence-electron chi connectivity index (χ4n) is 1.33. The fraction of sp³-hybridized carbons (Fsp3) is 0.0833. The van der Waals surface area contributed by atoms with E-state index in [0.717, 1.165) is 0 Å². The molecule has 0 bridgehead atoms.